The standard InChI is InChI=1S/C20H22N4.2ClH/c1-3-7-16(8-4-1)20-19(22-15-23-20)13-17-14-24(12-11-21-17)18-9-5-2-6-10-18;;/h1-10,15,17,21H,11-14H2,(H,22,23);2*1H. The number of hydrogen-bond donors (Lipinski definition) is 2. The lowest BCUT2D eigenvalue weighted by atomic mass is 10.0. The molecule has 1 aliphatic rings. The molecule has 1 aromatic heterocycles. The summed E-state index contributed by atoms with van der Waals surface area (Å²) < 4.78 is 0. The van der Waals surface area contributed by atoms with Crippen molar-refractivity contribution in [3.8, 4) is 11.3 Å². The van der Waals surface area contributed by atoms with Crippen LogP contribution in [-0.2, 0) is 6.42 Å². The smallest absolute Gasteiger partial charge is 0.0929 e. The predicted molar refractivity (Wildman–Crippen MR) is 113 cm³/mol. The molecule has 26 heavy (non-hydrogen) atoms. The second-order valence-electron chi connectivity index (χ2n) is 6.23. The summed E-state index contributed by atoms with van der Waals surface area (Å²) in [5.74, 6) is 0. The van der Waals surface area contributed by atoms with Gasteiger partial charge in [-0.25, -0.2) is 4.98 Å². The largest absolute Gasteiger partial charge is 0.369 e. The van der Waals surface area contributed by atoms with Crippen LogP contribution in [0.25, 0.3) is 11.3 Å². The molecule has 1 aliphatic heterocycles. The van der Waals surface area contributed by atoms with Gasteiger partial charge in [0.25, 0.3) is 0 Å². The van der Waals surface area contributed by atoms with E-state index in [1.807, 2.05) is 6.07 Å². The number of nitrogens with zero attached hydrogens (tertiary/aromatic N) is 2. The number of nitrogens with one attached hydrogen (secondary N) is 2. The third kappa shape index (κ3) is 4.58. The fraction of sp³-hybridized carbons (Fsp3) is 0.250. The van der Waals surface area contributed by atoms with Crippen LogP contribution < -0.4 is 10.2 Å². The maximum Gasteiger partial charge on any atom is 0.0929 e. The van der Waals surface area contributed by atoms with Crippen molar-refractivity contribution in [3.05, 3.63) is 72.7 Å². The number of piperazine rings is 1. The SMILES string of the molecule is Cl.Cl.c1ccc(-c2nc[nH]c2CC2CN(c3ccccc3)CCN2)cc1. The summed E-state index contributed by atoms with van der Waals surface area (Å²) in [6.45, 7) is 3.07. The van der Waals surface area contributed by atoms with Gasteiger partial charge < -0.3 is 15.2 Å². The molecule has 0 spiro atoms. The molecule has 2 aromatic carbocycles. The van der Waals surface area contributed by atoms with Crippen LogP contribution in [0.5, 0.6) is 0 Å². The van der Waals surface area contributed by atoms with Crippen molar-refractivity contribution in [1.29, 1.82) is 0 Å². The number of hydrogen-bond acceptors (Lipinski definition) is 3. The van der Waals surface area contributed by atoms with Crippen LogP contribution in [0.2, 0.25) is 0 Å². The van der Waals surface area contributed by atoms with Crippen LogP contribution in [0.3, 0.4) is 0 Å². The predicted octanol–water partition coefficient (Wildman–Crippen LogP) is 3.94. The van der Waals surface area contributed by atoms with Gasteiger partial charge >= 0.3 is 0 Å². The number of anilines is 1. The lowest BCUT2D eigenvalue weighted by Gasteiger charge is -2.35. The summed E-state index contributed by atoms with van der Waals surface area (Å²) in [4.78, 5) is 10.3. The minimum Gasteiger partial charge on any atom is -0.369 e. The quantitative estimate of drug-likeness (QED) is 0.708. The first-order valence-corrected chi connectivity index (χ1v) is 8.51. The van der Waals surface area contributed by atoms with Crippen molar-refractivity contribution in [2.75, 3.05) is 24.5 Å². The van der Waals surface area contributed by atoms with Gasteiger partial charge in [-0.15, -0.1) is 24.8 Å². The van der Waals surface area contributed by atoms with Gasteiger partial charge in [0.15, 0.2) is 0 Å². The molecule has 0 aliphatic carbocycles. The van der Waals surface area contributed by atoms with E-state index in [2.05, 4.69) is 74.8 Å². The summed E-state index contributed by atoms with van der Waals surface area (Å²) in [7, 11) is 0. The van der Waals surface area contributed by atoms with E-state index in [1.165, 1.54) is 16.9 Å². The molecule has 3 aromatic rings. The fourth-order valence-corrected chi connectivity index (χ4v) is 3.40. The van der Waals surface area contributed by atoms with Crippen molar-refractivity contribution >= 4 is 30.5 Å². The Kier molecular flexibility index (Phi) is 7.51. The summed E-state index contributed by atoms with van der Waals surface area (Å²) in [6, 6.07) is 21.5. The highest BCUT2D eigenvalue weighted by molar-refractivity contribution is 5.85. The van der Waals surface area contributed by atoms with Crippen molar-refractivity contribution in [2.24, 2.45) is 0 Å². The minimum atomic E-state index is 0. The molecule has 2 heterocycles. The number of aromatic amines is 1. The lowest BCUT2D eigenvalue weighted by Crippen LogP contribution is -2.51. The highest BCUT2D eigenvalue weighted by Gasteiger charge is 2.21. The topological polar surface area (TPSA) is 44.0 Å². The van der Waals surface area contributed by atoms with E-state index in [0.29, 0.717) is 6.04 Å². The third-order valence-corrected chi connectivity index (χ3v) is 4.59. The normalized spacial score (nSPS) is 16.5. The molecule has 0 saturated carbocycles. The Hall–Kier alpha value is -2.01. The van der Waals surface area contributed by atoms with Crippen molar-refractivity contribution < 1.29 is 0 Å². The number of H-pyrrole nitrogens is 1. The van der Waals surface area contributed by atoms with E-state index < -0.39 is 0 Å². The van der Waals surface area contributed by atoms with Crippen molar-refractivity contribution in [3.63, 3.8) is 0 Å². The third-order valence-electron chi connectivity index (χ3n) is 4.59. The van der Waals surface area contributed by atoms with Gasteiger partial charge in [0.1, 0.15) is 0 Å². The molecule has 2 N–H and O–H groups in total. The van der Waals surface area contributed by atoms with E-state index in [1.54, 1.807) is 6.33 Å². The second kappa shape index (κ2) is 9.62. The number of rotatable bonds is 4. The molecule has 4 rings (SSSR count). The van der Waals surface area contributed by atoms with Gasteiger partial charge in [0, 0.05) is 49.0 Å². The maximum atomic E-state index is 4.53. The second-order valence-corrected chi connectivity index (χ2v) is 6.23. The summed E-state index contributed by atoms with van der Waals surface area (Å²) in [6.07, 6.45) is 2.75. The first kappa shape index (κ1) is 20.3. The highest BCUT2D eigenvalue weighted by Crippen LogP contribution is 2.22. The Morgan fingerprint density at radius 2 is 1.65 bits per heavy atom. The number of halogens is 2. The van der Waals surface area contributed by atoms with E-state index in [9.17, 15) is 0 Å². The van der Waals surface area contributed by atoms with Crippen LogP contribution in [0, 0.1) is 0 Å². The monoisotopic (exact) mass is 390 g/mol. The Balaban J connectivity index is 0.00000121. The Morgan fingerprint density at radius 1 is 0.962 bits per heavy atom. The number of para-hydroxylation sites is 1. The molecular formula is C20H24Cl2N4. The molecule has 1 saturated heterocycles. The van der Waals surface area contributed by atoms with Crippen LogP contribution in [-0.4, -0.2) is 35.6 Å². The minimum absolute atomic E-state index is 0. The Labute approximate surface area is 166 Å². The van der Waals surface area contributed by atoms with Gasteiger partial charge in [-0.1, -0.05) is 48.5 Å². The average molecular weight is 391 g/mol. The molecule has 0 radical (unpaired) electrons. The summed E-state index contributed by atoms with van der Waals surface area (Å²) in [5, 5.41) is 3.65. The van der Waals surface area contributed by atoms with Crippen molar-refractivity contribution in [1.82, 2.24) is 15.3 Å². The highest BCUT2D eigenvalue weighted by atomic mass is 35.5. The van der Waals surface area contributed by atoms with Gasteiger partial charge in [-0.2, -0.15) is 0 Å². The zero-order valence-electron chi connectivity index (χ0n) is 14.5. The number of aromatic nitrogens is 2. The van der Waals surface area contributed by atoms with E-state index in [-0.39, 0.29) is 24.8 Å². The van der Waals surface area contributed by atoms with Crippen LogP contribution in [0.4, 0.5) is 5.69 Å². The number of imidazole rings is 1. The Bertz CT molecular complexity index is 777. The maximum absolute atomic E-state index is 4.53. The van der Waals surface area contributed by atoms with E-state index in [0.717, 1.165) is 31.7 Å². The average Bonchev–Trinajstić information content (AvgIpc) is 3.11. The van der Waals surface area contributed by atoms with Gasteiger partial charge in [-0.05, 0) is 12.1 Å². The zero-order chi connectivity index (χ0) is 16.2. The van der Waals surface area contributed by atoms with Crippen molar-refractivity contribution in [2.45, 2.75) is 12.5 Å². The molecule has 1 fully saturated rings. The van der Waals surface area contributed by atoms with E-state index >= 15 is 0 Å². The van der Waals surface area contributed by atoms with Crippen LogP contribution in [0.1, 0.15) is 5.69 Å². The molecule has 4 nitrogen and oxygen atoms in total. The summed E-state index contributed by atoms with van der Waals surface area (Å²) >= 11 is 0. The zero-order valence-corrected chi connectivity index (χ0v) is 16.1. The van der Waals surface area contributed by atoms with Crippen LogP contribution in [0.15, 0.2) is 67.0 Å². The first-order chi connectivity index (χ1) is 11.9. The molecule has 0 amide bonds. The van der Waals surface area contributed by atoms with Crippen LogP contribution >= 0.6 is 24.8 Å². The molecule has 1 atom stereocenters. The first-order valence-electron chi connectivity index (χ1n) is 8.51. The molecule has 6 heteroatoms. The molecule has 1 unspecified atom stereocenters. The number of benzene rings is 2. The Morgan fingerprint density at radius 3 is 2.38 bits per heavy atom. The molecular weight excluding hydrogens is 367 g/mol. The fourth-order valence-electron chi connectivity index (χ4n) is 3.40. The molecule has 0 bridgehead atoms. The molecule has 138 valence electrons. The van der Waals surface area contributed by atoms with Gasteiger partial charge in [-0.3, -0.25) is 0 Å². The van der Waals surface area contributed by atoms with Gasteiger partial charge in [0.05, 0.1) is 12.0 Å². The lowest BCUT2D eigenvalue weighted by molar-refractivity contribution is 0.452. The van der Waals surface area contributed by atoms with E-state index in [4.69, 9.17) is 0 Å². The summed E-state index contributed by atoms with van der Waals surface area (Å²) in [5.41, 5.74) is 4.74. The van der Waals surface area contributed by atoms with Gasteiger partial charge in [0.2, 0.25) is 0 Å².